The van der Waals surface area contributed by atoms with Crippen LogP contribution in [-0.2, 0) is 12.8 Å². The molecule has 0 nitrogen and oxygen atoms in total. The van der Waals surface area contributed by atoms with E-state index in [4.69, 9.17) is 0 Å². The molecule has 0 spiro atoms. The summed E-state index contributed by atoms with van der Waals surface area (Å²) in [5.41, 5.74) is 5.77. The minimum Gasteiger partial charge on any atom is -0.0622 e. The van der Waals surface area contributed by atoms with E-state index in [1.165, 1.54) is 22.3 Å². The quantitative estimate of drug-likeness (QED) is 0.710. The third kappa shape index (κ3) is 3.22. The summed E-state index contributed by atoms with van der Waals surface area (Å²) < 4.78 is 0. The Hall–Kier alpha value is -1.56. The molecule has 0 aliphatic carbocycles. The lowest BCUT2D eigenvalue weighted by molar-refractivity contribution is 0.855. The summed E-state index contributed by atoms with van der Waals surface area (Å²) in [7, 11) is 0. The van der Waals surface area contributed by atoms with Crippen LogP contribution in [0.3, 0.4) is 0 Å². The monoisotopic (exact) mass is 238 g/mol. The van der Waals surface area contributed by atoms with E-state index >= 15 is 0 Å². The first-order chi connectivity index (χ1) is 8.66. The topological polar surface area (TPSA) is 0 Å². The van der Waals surface area contributed by atoms with Crippen molar-refractivity contribution in [2.75, 3.05) is 0 Å². The van der Waals surface area contributed by atoms with Crippen LogP contribution in [0.1, 0.15) is 42.0 Å². The van der Waals surface area contributed by atoms with Crippen LogP contribution in [0.2, 0.25) is 0 Å². The van der Waals surface area contributed by atoms with Gasteiger partial charge in [0.2, 0.25) is 0 Å². The van der Waals surface area contributed by atoms with Gasteiger partial charge in [0.05, 0.1) is 0 Å². The lowest BCUT2D eigenvalue weighted by Gasteiger charge is -2.11. The van der Waals surface area contributed by atoms with Crippen molar-refractivity contribution in [3.8, 4) is 0 Å². The molecule has 0 heteroatoms. The van der Waals surface area contributed by atoms with Crippen LogP contribution >= 0.6 is 0 Å². The lowest BCUT2D eigenvalue weighted by Crippen LogP contribution is -1.97. The predicted octanol–water partition coefficient (Wildman–Crippen LogP) is 4.90. The fourth-order valence-electron chi connectivity index (χ4n) is 2.24. The molecule has 0 aliphatic heterocycles. The van der Waals surface area contributed by atoms with Gasteiger partial charge in [0.25, 0.3) is 0 Å². The second-order valence-electron chi connectivity index (χ2n) is 5.33. The van der Waals surface area contributed by atoms with E-state index in [0.717, 1.165) is 12.8 Å². The Morgan fingerprint density at radius 3 is 2.28 bits per heavy atom. The Bertz CT molecular complexity index is 495. The maximum Gasteiger partial charge on any atom is -0.0219 e. The van der Waals surface area contributed by atoms with Crippen molar-refractivity contribution in [2.24, 2.45) is 0 Å². The van der Waals surface area contributed by atoms with E-state index in [-0.39, 0.29) is 0 Å². The van der Waals surface area contributed by atoms with Crippen molar-refractivity contribution >= 4 is 0 Å². The Kier molecular flexibility index (Phi) is 4.19. The molecule has 2 aromatic carbocycles. The molecule has 0 saturated heterocycles. The number of aryl methyl sites for hydroxylation is 3. The summed E-state index contributed by atoms with van der Waals surface area (Å²) in [4.78, 5) is 0. The molecule has 94 valence electrons. The fourth-order valence-corrected chi connectivity index (χ4v) is 2.24. The van der Waals surface area contributed by atoms with Crippen molar-refractivity contribution < 1.29 is 0 Å². The standard InChI is InChI=1S/C18H22/c1-14(2)17-11-9-15(3)18(13-17)12-10-16-7-5-4-6-8-16/h4-9,11,13-14H,10,12H2,1-3H3. The van der Waals surface area contributed by atoms with Crippen LogP contribution in [-0.4, -0.2) is 0 Å². The summed E-state index contributed by atoms with van der Waals surface area (Å²) in [5.74, 6) is 0.612. The van der Waals surface area contributed by atoms with Gasteiger partial charge in [0, 0.05) is 0 Å². The number of rotatable bonds is 4. The fraction of sp³-hybridized carbons (Fsp3) is 0.333. The molecule has 0 N–H and O–H groups in total. The molecule has 0 unspecified atom stereocenters. The third-order valence-electron chi connectivity index (χ3n) is 3.57. The zero-order valence-electron chi connectivity index (χ0n) is 11.6. The van der Waals surface area contributed by atoms with E-state index in [1.807, 2.05) is 0 Å². The molecular formula is C18H22. The van der Waals surface area contributed by atoms with Crippen LogP contribution in [0.15, 0.2) is 48.5 Å². The first-order valence-electron chi connectivity index (χ1n) is 6.80. The van der Waals surface area contributed by atoms with Crippen LogP contribution in [0.25, 0.3) is 0 Å². The van der Waals surface area contributed by atoms with E-state index in [9.17, 15) is 0 Å². The molecule has 0 radical (unpaired) electrons. The average Bonchev–Trinajstić information content (AvgIpc) is 2.38. The van der Waals surface area contributed by atoms with Gasteiger partial charge in [-0.25, -0.2) is 0 Å². The highest BCUT2D eigenvalue weighted by Crippen LogP contribution is 2.20. The largest absolute Gasteiger partial charge is 0.0622 e. The van der Waals surface area contributed by atoms with Gasteiger partial charge < -0.3 is 0 Å². The predicted molar refractivity (Wildman–Crippen MR) is 79.1 cm³/mol. The number of benzene rings is 2. The molecule has 0 bridgehead atoms. The van der Waals surface area contributed by atoms with Crippen LogP contribution in [0.5, 0.6) is 0 Å². The van der Waals surface area contributed by atoms with Crippen molar-refractivity contribution in [1.29, 1.82) is 0 Å². The number of hydrogen-bond donors (Lipinski definition) is 0. The van der Waals surface area contributed by atoms with Gasteiger partial charge in [-0.1, -0.05) is 62.4 Å². The Balaban J connectivity index is 2.11. The Morgan fingerprint density at radius 2 is 1.61 bits per heavy atom. The SMILES string of the molecule is Cc1ccc(C(C)C)cc1CCc1ccccc1. The molecule has 2 rings (SSSR count). The van der Waals surface area contributed by atoms with Crippen LogP contribution in [0, 0.1) is 6.92 Å². The maximum atomic E-state index is 2.38. The minimum absolute atomic E-state index is 0.612. The van der Waals surface area contributed by atoms with Gasteiger partial charge >= 0.3 is 0 Å². The second-order valence-corrected chi connectivity index (χ2v) is 5.33. The summed E-state index contributed by atoms with van der Waals surface area (Å²) in [6.07, 6.45) is 2.26. The normalized spacial score (nSPS) is 10.9. The second kappa shape index (κ2) is 5.86. The van der Waals surface area contributed by atoms with E-state index in [0.29, 0.717) is 5.92 Å². The van der Waals surface area contributed by atoms with E-state index in [2.05, 4.69) is 69.3 Å². The summed E-state index contributed by atoms with van der Waals surface area (Å²) >= 11 is 0. The third-order valence-corrected chi connectivity index (χ3v) is 3.57. The summed E-state index contributed by atoms with van der Waals surface area (Å²) in [5, 5.41) is 0. The molecule has 0 atom stereocenters. The van der Waals surface area contributed by atoms with Gasteiger partial charge in [-0.2, -0.15) is 0 Å². The first-order valence-corrected chi connectivity index (χ1v) is 6.80. The Labute approximate surface area is 111 Å². The highest BCUT2D eigenvalue weighted by atomic mass is 14.1. The van der Waals surface area contributed by atoms with Crippen molar-refractivity contribution in [2.45, 2.75) is 39.5 Å². The molecule has 18 heavy (non-hydrogen) atoms. The van der Waals surface area contributed by atoms with Crippen LogP contribution < -0.4 is 0 Å². The van der Waals surface area contributed by atoms with Crippen LogP contribution in [0.4, 0.5) is 0 Å². The molecule has 0 saturated carbocycles. The zero-order valence-corrected chi connectivity index (χ0v) is 11.6. The van der Waals surface area contributed by atoms with Gasteiger partial charge in [-0.3, -0.25) is 0 Å². The van der Waals surface area contributed by atoms with E-state index < -0.39 is 0 Å². The average molecular weight is 238 g/mol. The Morgan fingerprint density at radius 1 is 0.889 bits per heavy atom. The van der Waals surface area contributed by atoms with Crippen molar-refractivity contribution in [1.82, 2.24) is 0 Å². The van der Waals surface area contributed by atoms with Gasteiger partial charge in [0.15, 0.2) is 0 Å². The maximum absolute atomic E-state index is 2.38. The molecular weight excluding hydrogens is 216 g/mol. The molecule has 0 aliphatic rings. The highest BCUT2D eigenvalue weighted by Gasteiger charge is 2.04. The number of hydrogen-bond acceptors (Lipinski definition) is 0. The zero-order chi connectivity index (χ0) is 13.0. The molecule has 0 amide bonds. The van der Waals surface area contributed by atoms with Gasteiger partial charge in [0.1, 0.15) is 0 Å². The highest BCUT2D eigenvalue weighted by molar-refractivity contribution is 5.33. The minimum atomic E-state index is 0.612. The lowest BCUT2D eigenvalue weighted by atomic mass is 9.94. The van der Waals surface area contributed by atoms with Crippen molar-refractivity contribution in [3.63, 3.8) is 0 Å². The van der Waals surface area contributed by atoms with E-state index in [1.54, 1.807) is 0 Å². The smallest absolute Gasteiger partial charge is 0.0219 e. The summed E-state index contributed by atoms with van der Waals surface area (Å²) in [6, 6.07) is 17.6. The molecule has 0 aromatic heterocycles. The first kappa shape index (κ1) is 12.9. The molecule has 0 heterocycles. The summed E-state index contributed by atoms with van der Waals surface area (Å²) in [6.45, 7) is 6.72. The molecule has 0 fully saturated rings. The van der Waals surface area contributed by atoms with Gasteiger partial charge in [-0.15, -0.1) is 0 Å². The van der Waals surface area contributed by atoms with Gasteiger partial charge in [-0.05, 0) is 47.9 Å². The van der Waals surface area contributed by atoms with Crippen molar-refractivity contribution in [3.05, 3.63) is 70.8 Å². The molecule has 2 aromatic rings.